The predicted octanol–water partition coefficient (Wildman–Crippen LogP) is 1.97. The molecule has 1 N–H and O–H groups in total. The molecule has 2 rings (SSSR count). The van der Waals surface area contributed by atoms with Gasteiger partial charge in [0.1, 0.15) is 0 Å². The molecule has 0 unspecified atom stereocenters. The minimum absolute atomic E-state index is 0.0345. The highest BCUT2D eigenvalue weighted by molar-refractivity contribution is 5.89. The number of benzene rings is 1. The zero-order valence-electron chi connectivity index (χ0n) is 12.6. The molecule has 0 atom stereocenters. The molecule has 0 aliphatic carbocycles. The lowest BCUT2D eigenvalue weighted by molar-refractivity contribution is -0.119. The largest absolute Gasteiger partial charge is 0.462 e. The third kappa shape index (κ3) is 4.21. The van der Waals surface area contributed by atoms with Gasteiger partial charge in [0.25, 0.3) is 0 Å². The van der Waals surface area contributed by atoms with E-state index in [-0.39, 0.29) is 17.9 Å². The number of anilines is 1. The fourth-order valence-electron chi connectivity index (χ4n) is 2.59. The molecule has 114 valence electrons. The lowest BCUT2D eigenvalue weighted by Gasteiger charge is -2.33. The Labute approximate surface area is 125 Å². The van der Waals surface area contributed by atoms with E-state index >= 15 is 0 Å². The van der Waals surface area contributed by atoms with Gasteiger partial charge in [-0.2, -0.15) is 0 Å². The molecule has 1 aromatic carbocycles. The SMILES string of the molecule is CCOC(=O)c1ccc(N2CCC(NC(C)=O)CC2)cc1. The molecule has 5 nitrogen and oxygen atoms in total. The Morgan fingerprint density at radius 2 is 1.86 bits per heavy atom. The van der Waals surface area contributed by atoms with Gasteiger partial charge in [0.15, 0.2) is 0 Å². The smallest absolute Gasteiger partial charge is 0.338 e. The van der Waals surface area contributed by atoms with Crippen LogP contribution in [0.5, 0.6) is 0 Å². The van der Waals surface area contributed by atoms with E-state index in [1.165, 1.54) is 0 Å². The Kier molecular flexibility index (Phi) is 5.20. The highest BCUT2D eigenvalue weighted by Crippen LogP contribution is 2.20. The number of hydrogen-bond donors (Lipinski definition) is 1. The van der Waals surface area contributed by atoms with Crippen LogP contribution in [0.2, 0.25) is 0 Å². The number of carbonyl (C=O) groups is 2. The minimum atomic E-state index is -0.284. The van der Waals surface area contributed by atoms with Crippen molar-refractivity contribution in [3.8, 4) is 0 Å². The van der Waals surface area contributed by atoms with Gasteiger partial charge in [-0.1, -0.05) is 0 Å². The van der Waals surface area contributed by atoms with Gasteiger partial charge in [-0.25, -0.2) is 4.79 Å². The molecular weight excluding hydrogens is 268 g/mol. The number of hydrogen-bond acceptors (Lipinski definition) is 4. The average Bonchev–Trinajstić information content (AvgIpc) is 2.48. The van der Waals surface area contributed by atoms with Gasteiger partial charge in [0.05, 0.1) is 12.2 Å². The fraction of sp³-hybridized carbons (Fsp3) is 0.500. The van der Waals surface area contributed by atoms with E-state index in [2.05, 4.69) is 10.2 Å². The molecule has 0 bridgehead atoms. The van der Waals surface area contributed by atoms with Crippen molar-refractivity contribution >= 4 is 17.6 Å². The first-order valence-corrected chi connectivity index (χ1v) is 7.39. The summed E-state index contributed by atoms with van der Waals surface area (Å²) in [7, 11) is 0. The number of esters is 1. The van der Waals surface area contributed by atoms with Crippen molar-refractivity contribution in [2.24, 2.45) is 0 Å². The molecule has 5 heteroatoms. The van der Waals surface area contributed by atoms with Crippen molar-refractivity contribution in [3.63, 3.8) is 0 Å². The molecule has 1 heterocycles. The Bertz CT molecular complexity index is 491. The lowest BCUT2D eigenvalue weighted by atomic mass is 10.0. The molecule has 1 aliphatic heterocycles. The summed E-state index contributed by atoms with van der Waals surface area (Å²) in [6.45, 7) is 5.55. The summed E-state index contributed by atoms with van der Waals surface area (Å²) >= 11 is 0. The van der Waals surface area contributed by atoms with Crippen molar-refractivity contribution in [2.75, 3.05) is 24.6 Å². The quantitative estimate of drug-likeness (QED) is 0.861. The summed E-state index contributed by atoms with van der Waals surface area (Å²) < 4.78 is 4.97. The number of piperidine rings is 1. The summed E-state index contributed by atoms with van der Waals surface area (Å²) in [5.41, 5.74) is 1.68. The molecule has 21 heavy (non-hydrogen) atoms. The second kappa shape index (κ2) is 7.11. The summed E-state index contributed by atoms with van der Waals surface area (Å²) in [6, 6.07) is 7.77. The first kappa shape index (κ1) is 15.4. The van der Waals surface area contributed by atoms with Crippen molar-refractivity contribution < 1.29 is 14.3 Å². The molecule has 0 saturated carbocycles. The van der Waals surface area contributed by atoms with Crippen LogP contribution in [0.4, 0.5) is 5.69 Å². The second-order valence-electron chi connectivity index (χ2n) is 5.23. The van der Waals surface area contributed by atoms with Gasteiger partial charge in [-0.05, 0) is 44.0 Å². The average molecular weight is 290 g/mol. The first-order chi connectivity index (χ1) is 10.1. The maximum Gasteiger partial charge on any atom is 0.338 e. The minimum Gasteiger partial charge on any atom is -0.462 e. The van der Waals surface area contributed by atoms with Gasteiger partial charge < -0.3 is 15.0 Å². The zero-order chi connectivity index (χ0) is 15.2. The number of nitrogens with zero attached hydrogens (tertiary/aromatic N) is 1. The summed E-state index contributed by atoms with van der Waals surface area (Å²) in [4.78, 5) is 24.9. The van der Waals surface area contributed by atoms with Crippen LogP contribution in [0.15, 0.2) is 24.3 Å². The van der Waals surface area contributed by atoms with Crippen molar-refractivity contribution in [2.45, 2.75) is 32.7 Å². The van der Waals surface area contributed by atoms with Crippen LogP contribution in [0.1, 0.15) is 37.0 Å². The molecular formula is C16H22N2O3. The normalized spacial score (nSPS) is 15.6. The van der Waals surface area contributed by atoms with Crippen molar-refractivity contribution in [3.05, 3.63) is 29.8 Å². The van der Waals surface area contributed by atoms with Gasteiger partial charge in [0.2, 0.25) is 5.91 Å². The summed E-state index contributed by atoms with van der Waals surface area (Å²) in [5.74, 6) is -0.249. The van der Waals surface area contributed by atoms with Crippen LogP contribution >= 0.6 is 0 Å². The Morgan fingerprint density at radius 1 is 1.24 bits per heavy atom. The highest BCUT2D eigenvalue weighted by Gasteiger charge is 2.20. The molecule has 1 amide bonds. The topological polar surface area (TPSA) is 58.6 Å². The van der Waals surface area contributed by atoms with Gasteiger partial charge >= 0.3 is 5.97 Å². The van der Waals surface area contributed by atoms with E-state index in [1.54, 1.807) is 26.0 Å². The lowest BCUT2D eigenvalue weighted by Crippen LogP contribution is -2.44. The summed E-state index contributed by atoms with van der Waals surface area (Å²) in [6.07, 6.45) is 1.89. The Morgan fingerprint density at radius 3 is 2.38 bits per heavy atom. The van der Waals surface area contributed by atoms with E-state index in [9.17, 15) is 9.59 Å². The number of amides is 1. The van der Waals surface area contributed by atoms with Gasteiger partial charge in [-0.3, -0.25) is 4.79 Å². The monoisotopic (exact) mass is 290 g/mol. The maximum atomic E-state index is 11.6. The van der Waals surface area contributed by atoms with Crippen molar-refractivity contribution in [1.29, 1.82) is 0 Å². The van der Waals surface area contributed by atoms with Crippen molar-refractivity contribution in [1.82, 2.24) is 5.32 Å². The van der Waals surface area contributed by atoms with E-state index in [0.717, 1.165) is 31.6 Å². The third-order valence-corrected chi connectivity index (χ3v) is 3.65. The molecule has 1 aliphatic rings. The molecule has 1 saturated heterocycles. The standard InChI is InChI=1S/C16H22N2O3/c1-3-21-16(20)13-4-6-15(7-5-13)18-10-8-14(9-11-18)17-12(2)19/h4-7,14H,3,8-11H2,1-2H3,(H,17,19). The van der Waals surface area contributed by atoms with Crippen LogP contribution in [0.25, 0.3) is 0 Å². The van der Waals surface area contributed by atoms with E-state index in [1.807, 2.05) is 12.1 Å². The summed E-state index contributed by atoms with van der Waals surface area (Å²) in [5, 5.41) is 2.97. The van der Waals surface area contributed by atoms with Crippen LogP contribution < -0.4 is 10.2 Å². The highest BCUT2D eigenvalue weighted by atomic mass is 16.5. The number of nitrogens with one attached hydrogen (secondary N) is 1. The molecule has 0 spiro atoms. The van der Waals surface area contributed by atoms with Crippen LogP contribution in [0, 0.1) is 0 Å². The fourth-order valence-corrected chi connectivity index (χ4v) is 2.59. The van der Waals surface area contributed by atoms with Gasteiger partial charge in [-0.15, -0.1) is 0 Å². The first-order valence-electron chi connectivity index (χ1n) is 7.39. The predicted molar refractivity (Wildman–Crippen MR) is 81.5 cm³/mol. The van der Waals surface area contributed by atoms with Gasteiger partial charge in [0, 0.05) is 31.7 Å². The van der Waals surface area contributed by atoms with E-state index in [0.29, 0.717) is 12.2 Å². The second-order valence-corrected chi connectivity index (χ2v) is 5.23. The van der Waals surface area contributed by atoms with E-state index in [4.69, 9.17) is 4.74 Å². The van der Waals surface area contributed by atoms with Crippen LogP contribution in [-0.2, 0) is 9.53 Å². The number of rotatable bonds is 4. The Balaban J connectivity index is 1.92. The van der Waals surface area contributed by atoms with Crippen LogP contribution in [-0.4, -0.2) is 37.6 Å². The third-order valence-electron chi connectivity index (χ3n) is 3.65. The van der Waals surface area contributed by atoms with E-state index < -0.39 is 0 Å². The molecule has 0 aromatic heterocycles. The molecule has 1 aromatic rings. The van der Waals surface area contributed by atoms with Crippen LogP contribution in [0.3, 0.4) is 0 Å². The Hall–Kier alpha value is -2.04. The maximum absolute atomic E-state index is 11.6. The molecule has 1 fully saturated rings. The zero-order valence-corrected chi connectivity index (χ0v) is 12.6. The number of ether oxygens (including phenoxy) is 1. The number of carbonyl (C=O) groups excluding carboxylic acids is 2. The molecule has 0 radical (unpaired) electrons.